The number of ether oxygens (including phenoxy) is 2. The highest BCUT2D eigenvalue weighted by Crippen LogP contribution is 2.25. The summed E-state index contributed by atoms with van der Waals surface area (Å²) in [5, 5.41) is 21.9. The van der Waals surface area contributed by atoms with Crippen molar-refractivity contribution in [3.05, 3.63) is 29.8 Å². The molecule has 0 radical (unpaired) electrons. The average Bonchev–Trinajstić information content (AvgIpc) is 2.49. The molecule has 0 aliphatic heterocycles. The number of methoxy groups -OCH3 is 1. The predicted octanol–water partition coefficient (Wildman–Crippen LogP) is 1.44. The molecule has 5 nitrogen and oxygen atoms in total. The van der Waals surface area contributed by atoms with Crippen molar-refractivity contribution in [3.8, 4) is 11.5 Å². The normalized spacial score (nSPS) is 12.9. The minimum absolute atomic E-state index is 0.0441. The van der Waals surface area contributed by atoms with Crippen molar-refractivity contribution in [3.63, 3.8) is 0 Å². The Labute approximate surface area is 126 Å². The van der Waals surface area contributed by atoms with E-state index in [2.05, 4.69) is 5.32 Å². The van der Waals surface area contributed by atoms with Crippen molar-refractivity contribution < 1.29 is 19.7 Å². The molecule has 0 spiro atoms. The lowest BCUT2D eigenvalue weighted by molar-refractivity contribution is 0.104. The topological polar surface area (TPSA) is 71.0 Å². The van der Waals surface area contributed by atoms with Gasteiger partial charge in [0, 0.05) is 18.2 Å². The summed E-state index contributed by atoms with van der Waals surface area (Å²) in [6, 6.07) is 5.73. The van der Waals surface area contributed by atoms with Crippen molar-refractivity contribution in [1.29, 1.82) is 0 Å². The van der Waals surface area contributed by atoms with Crippen LogP contribution >= 0.6 is 0 Å². The van der Waals surface area contributed by atoms with Crippen LogP contribution in [0.1, 0.15) is 19.4 Å². The predicted molar refractivity (Wildman–Crippen MR) is 83.8 cm³/mol. The Morgan fingerprint density at radius 3 is 2.71 bits per heavy atom. The third-order valence-corrected chi connectivity index (χ3v) is 2.81. The van der Waals surface area contributed by atoms with Crippen LogP contribution in [0.2, 0.25) is 0 Å². The Hall–Kier alpha value is -1.56. The summed E-state index contributed by atoms with van der Waals surface area (Å²) in [6.07, 6.45) is 2.80. The van der Waals surface area contributed by atoms with E-state index in [1.54, 1.807) is 31.4 Å². The lowest BCUT2D eigenvalue weighted by Gasteiger charge is -2.16. The Morgan fingerprint density at radius 2 is 2.10 bits per heavy atom. The summed E-state index contributed by atoms with van der Waals surface area (Å²) in [4.78, 5) is 0. The zero-order valence-corrected chi connectivity index (χ0v) is 12.9. The van der Waals surface area contributed by atoms with Crippen molar-refractivity contribution in [2.75, 3.05) is 26.9 Å². The molecule has 1 aromatic carbocycles. The van der Waals surface area contributed by atoms with Gasteiger partial charge in [0.2, 0.25) is 0 Å². The minimum Gasteiger partial charge on any atom is -0.497 e. The summed E-state index contributed by atoms with van der Waals surface area (Å²) >= 11 is 0. The highest BCUT2D eigenvalue weighted by atomic mass is 16.5. The van der Waals surface area contributed by atoms with Crippen LogP contribution < -0.4 is 14.8 Å². The van der Waals surface area contributed by atoms with E-state index in [4.69, 9.17) is 14.6 Å². The van der Waals surface area contributed by atoms with Gasteiger partial charge in [0.1, 0.15) is 24.2 Å². The fourth-order valence-electron chi connectivity index (χ4n) is 1.71. The molecular weight excluding hydrogens is 270 g/mol. The zero-order chi connectivity index (χ0) is 15.7. The summed E-state index contributed by atoms with van der Waals surface area (Å²) < 4.78 is 10.8. The van der Waals surface area contributed by atoms with Gasteiger partial charge in [-0.25, -0.2) is 0 Å². The molecule has 0 amide bonds. The lowest BCUT2D eigenvalue weighted by atomic mass is 10.1. The molecule has 21 heavy (non-hydrogen) atoms. The number of nitrogens with one attached hydrogen (secondary N) is 1. The van der Waals surface area contributed by atoms with Crippen LogP contribution in [-0.2, 0) is 0 Å². The van der Waals surface area contributed by atoms with Crippen LogP contribution in [-0.4, -0.2) is 49.2 Å². The smallest absolute Gasteiger partial charge is 0.126 e. The van der Waals surface area contributed by atoms with Gasteiger partial charge in [-0.15, -0.1) is 0 Å². The summed E-state index contributed by atoms with van der Waals surface area (Å²) in [5.41, 5.74) is 0.799. The molecule has 0 saturated heterocycles. The van der Waals surface area contributed by atoms with E-state index in [0.29, 0.717) is 24.1 Å². The molecule has 0 aliphatic carbocycles. The van der Waals surface area contributed by atoms with Gasteiger partial charge >= 0.3 is 0 Å². The van der Waals surface area contributed by atoms with Crippen LogP contribution in [0, 0.1) is 0 Å². The second-order valence-corrected chi connectivity index (χ2v) is 5.02. The van der Waals surface area contributed by atoms with Crippen molar-refractivity contribution in [2.24, 2.45) is 0 Å². The maximum Gasteiger partial charge on any atom is 0.126 e. The van der Waals surface area contributed by atoms with Crippen LogP contribution in [0.5, 0.6) is 11.5 Å². The van der Waals surface area contributed by atoms with Gasteiger partial charge in [0.05, 0.1) is 13.7 Å². The second-order valence-electron chi connectivity index (χ2n) is 5.02. The Balaban J connectivity index is 2.66. The molecule has 0 aromatic heterocycles. The van der Waals surface area contributed by atoms with Crippen molar-refractivity contribution >= 4 is 6.08 Å². The molecule has 5 heteroatoms. The Morgan fingerprint density at radius 1 is 1.33 bits per heavy atom. The second kappa shape index (κ2) is 9.39. The molecule has 1 unspecified atom stereocenters. The number of hydrogen-bond acceptors (Lipinski definition) is 5. The number of benzene rings is 1. The number of aliphatic hydroxyl groups excluding tert-OH is 2. The van der Waals surface area contributed by atoms with Gasteiger partial charge in [0.25, 0.3) is 0 Å². The highest BCUT2D eigenvalue weighted by molar-refractivity contribution is 5.59. The van der Waals surface area contributed by atoms with E-state index in [9.17, 15) is 5.11 Å². The Kier molecular flexibility index (Phi) is 7.82. The fourth-order valence-corrected chi connectivity index (χ4v) is 1.71. The van der Waals surface area contributed by atoms with E-state index in [0.717, 1.165) is 5.56 Å². The molecular formula is C16H25NO4. The molecule has 1 aromatic rings. The number of rotatable bonds is 9. The zero-order valence-electron chi connectivity index (χ0n) is 12.9. The van der Waals surface area contributed by atoms with Crippen molar-refractivity contribution in [2.45, 2.75) is 26.0 Å². The van der Waals surface area contributed by atoms with E-state index in [-0.39, 0.29) is 13.2 Å². The molecule has 0 heterocycles. The molecule has 0 fully saturated rings. The van der Waals surface area contributed by atoms with Gasteiger partial charge in [-0.05, 0) is 18.2 Å². The van der Waals surface area contributed by atoms with E-state index < -0.39 is 6.10 Å². The van der Waals surface area contributed by atoms with E-state index in [1.165, 1.54) is 0 Å². The quantitative estimate of drug-likeness (QED) is 0.643. The van der Waals surface area contributed by atoms with Crippen LogP contribution in [0.3, 0.4) is 0 Å². The summed E-state index contributed by atoms with van der Waals surface area (Å²) in [5.74, 6) is 1.35. The third kappa shape index (κ3) is 6.62. The monoisotopic (exact) mass is 295 g/mol. The first-order valence-electron chi connectivity index (χ1n) is 7.06. The Bertz CT molecular complexity index is 446. The molecule has 1 atom stereocenters. The highest BCUT2D eigenvalue weighted by Gasteiger charge is 2.08. The first-order chi connectivity index (χ1) is 10.1. The first kappa shape index (κ1) is 17.5. The molecule has 0 bridgehead atoms. The van der Waals surface area contributed by atoms with Crippen LogP contribution in [0.4, 0.5) is 0 Å². The first-order valence-corrected chi connectivity index (χ1v) is 7.06. The molecule has 0 saturated carbocycles. The standard InChI is InChI=1S/C16H25NO4/c1-12(2)17-10-14(19)11-21-16-7-6-15(20-3)9-13(16)5-4-8-18/h4-7,9,12,14,17-19H,8,10-11H2,1-3H3/b5-4+. The van der Waals surface area contributed by atoms with Gasteiger partial charge in [-0.3, -0.25) is 0 Å². The average molecular weight is 295 g/mol. The van der Waals surface area contributed by atoms with Gasteiger partial charge in [0.15, 0.2) is 0 Å². The van der Waals surface area contributed by atoms with E-state index >= 15 is 0 Å². The van der Waals surface area contributed by atoms with Crippen LogP contribution in [0.25, 0.3) is 6.08 Å². The van der Waals surface area contributed by atoms with Crippen LogP contribution in [0.15, 0.2) is 24.3 Å². The van der Waals surface area contributed by atoms with Gasteiger partial charge < -0.3 is 25.0 Å². The van der Waals surface area contributed by atoms with Gasteiger partial charge in [-0.2, -0.15) is 0 Å². The maximum atomic E-state index is 9.86. The largest absolute Gasteiger partial charge is 0.497 e. The maximum absolute atomic E-state index is 9.86. The summed E-state index contributed by atoms with van der Waals surface area (Å²) in [7, 11) is 1.59. The molecule has 1 rings (SSSR count). The molecule has 118 valence electrons. The number of hydrogen-bond donors (Lipinski definition) is 3. The van der Waals surface area contributed by atoms with Crippen molar-refractivity contribution in [1.82, 2.24) is 5.32 Å². The third-order valence-electron chi connectivity index (χ3n) is 2.81. The molecule has 0 aliphatic rings. The van der Waals surface area contributed by atoms with Gasteiger partial charge in [-0.1, -0.05) is 26.0 Å². The number of aliphatic hydroxyl groups is 2. The minimum atomic E-state index is -0.579. The lowest BCUT2D eigenvalue weighted by Crippen LogP contribution is -2.35. The summed E-state index contributed by atoms with van der Waals surface area (Å²) in [6.45, 7) is 4.68. The SMILES string of the molecule is COc1ccc(OCC(O)CNC(C)C)c(/C=C/CO)c1. The fraction of sp³-hybridized carbons (Fsp3) is 0.500. The molecule has 3 N–H and O–H groups in total. The van der Waals surface area contributed by atoms with E-state index in [1.807, 2.05) is 19.9 Å².